The number of hydrogen-bond donors (Lipinski definition) is 1. The second-order valence-electron chi connectivity index (χ2n) is 8.75. The lowest BCUT2D eigenvalue weighted by Gasteiger charge is -2.31. The highest BCUT2D eigenvalue weighted by Crippen LogP contribution is 2.23. The number of amides is 2. The maximum atomic E-state index is 13.4. The van der Waals surface area contributed by atoms with Crippen molar-refractivity contribution in [3.63, 3.8) is 0 Å². The van der Waals surface area contributed by atoms with Gasteiger partial charge in [0.2, 0.25) is 5.91 Å². The molecule has 0 radical (unpaired) electrons. The van der Waals surface area contributed by atoms with Crippen molar-refractivity contribution in [2.24, 2.45) is 0 Å². The fourth-order valence-electron chi connectivity index (χ4n) is 3.74. The molecule has 0 aromatic heterocycles. The van der Waals surface area contributed by atoms with Crippen LogP contribution in [0.25, 0.3) is 0 Å². The van der Waals surface area contributed by atoms with Crippen LogP contribution < -0.4 is 10.1 Å². The summed E-state index contributed by atoms with van der Waals surface area (Å²) < 4.78 is 5.96. The van der Waals surface area contributed by atoms with E-state index in [1.807, 2.05) is 72.7 Å². The van der Waals surface area contributed by atoms with Gasteiger partial charge in [-0.2, -0.15) is 0 Å². The SMILES string of the molecule is CC[C@H](C)NC(=O)[C@H](CC)N(Cc1cccc(C)c1)C(=O)COc1cc(C)cc(C)c1C. The van der Waals surface area contributed by atoms with E-state index in [0.717, 1.165) is 34.2 Å². The quantitative estimate of drug-likeness (QED) is 0.567. The summed E-state index contributed by atoms with van der Waals surface area (Å²) >= 11 is 0. The van der Waals surface area contributed by atoms with Crippen molar-refractivity contribution in [1.82, 2.24) is 10.2 Å². The van der Waals surface area contributed by atoms with E-state index in [1.54, 1.807) is 4.90 Å². The lowest BCUT2D eigenvalue weighted by molar-refractivity contribution is -0.143. The highest BCUT2D eigenvalue weighted by atomic mass is 16.5. The molecular formula is C27H38N2O3. The molecule has 2 aromatic rings. The molecule has 1 N–H and O–H groups in total. The van der Waals surface area contributed by atoms with Crippen molar-refractivity contribution in [2.75, 3.05) is 6.61 Å². The Morgan fingerprint density at radius 2 is 1.72 bits per heavy atom. The van der Waals surface area contributed by atoms with Gasteiger partial charge in [0.1, 0.15) is 11.8 Å². The number of rotatable bonds is 10. The molecule has 32 heavy (non-hydrogen) atoms. The molecule has 0 aliphatic carbocycles. The van der Waals surface area contributed by atoms with Crippen molar-refractivity contribution in [1.29, 1.82) is 0 Å². The maximum Gasteiger partial charge on any atom is 0.261 e. The molecule has 0 fully saturated rings. The zero-order chi connectivity index (χ0) is 23.8. The van der Waals surface area contributed by atoms with Gasteiger partial charge in [-0.3, -0.25) is 9.59 Å². The van der Waals surface area contributed by atoms with E-state index in [1.165, 1.54) is 0 Å². The van der Waals surface area contributed by atoms with E-state index in [4.69, 9.17) is 4.74 Å². The molecule has 174 valence electrons. The third-order valence-corrected chi connectivity index (χ3v) is 5.94. The van der Waals surface area contributed by atoms with Crippen LogP contribution >= 0.6 is 0 Å². The largest absolute Gasteiger partial charge is 0.483 e. The second-order valence-corrected chi connectivity index (χ2v) is 8.75. The molecule has 0 saturated heterocycles. The Morgan fingerprint density at radius 1 is 1.00 bits per heavy atom. The zero-order valence-electron chi connectivity index (χ0n) is 20.6. The summed E-state index contributed by atoms with van der Waals surface area (Å²) in [6, 6.07) is 11.6. The van der Waals surface area contributed by atoms with Crippen molar-refractivity contribution in [3.8, 4) is 5.75 Å². The minimum absolute atomic E-state index is 0.0571. The van der Waals surface area contributed by atoms with Crippen LogP contribution in [-0.2, 0) is 16.1 Å². The van der Waals surface area contributed by atoms with Crippen molar-refractivity contribution in [2.45, 2.75) is 79.9 Å². The van der Waals surface area contributed by atoms with Gasteiger partial charge in [0.25, 0.3) is 5.91 Å². The van der Waals surface area contributed by atoms with Crippen LogP contribution in [0.1, 0.15) is 61.4 Å². The van der Waals surface area contributed by atoms with Crippen molar-refractivity contribution >= 4 is 11.8 Å². The second kappa shape index (κ2) is 11.7. The minimum atomic E-state index is -0.555. The van der Waals surface area contributed by atoms with E-state index >= 15 is 0 Å². The first-order valence-electron chi connectivity index (χ1n) is 11.5. The Kier molecular flexibility index (Phi) is 9.30. The highest BCUT2D eigenvalue weighted by Gasteiger charge is 2.29. The number of nitrogens with one attached hydrogen (secondary N) is 1. The lowest BCUT2D eigenvalue weighted by atomic mass is 10.1. The number of benzene rings is 2. The molecule has 0 heterocycles. The standard InChI is InChI=1S/C27H38N2O3/c1-8-21(6)28-27(31)24(9-2)29(16-23-12-10-11-18(3)14-23)26(30)17-32-25-15-19(4)13-20(5)22(25)7/h10-15,21,24H,8-9,16-17H2,1-7H3,(H,28,31)/t21-,24-/m0/s1. The van der Waals surface area contributed by atoms with Crippen LogP contribution in [0.15, 0.2) is 36.4 Å². The topological polar surface area (TPSA) is 58.6 Å². The summed E-state index contributed by atoms with van der Waals surface area (Å²) in [6.07, 6.45) is 1.37. The third-order valence-electron chi connectivity index (χ3n) is 5.94. The molecule has 0 aliphatic rings. The number of ether oxygens (including phenoxy) is 1. The van der Waals surface area contributed by atoms with Gasteiger partial charge in [-0.15, -0.1) is 0 Å². The molecule has 0 spiro atoms. The van der Waals surface area contributed by atoms with Crippen LogP contribution in [0.3, 0.4) is 0 Å². The monoisotopic (exact) mass is 438 g/mol. The molecule has 2 amide bonds. The molecule has 2 aromatic carbocycles. The fraction of sp³-hybridized carbons (Fsp3) is 0.481. The summed E-state index contributed by atoms with van der Waals surface area (Å²) in [6.45, 7) is 14.3. The smallest absolute Gasteiger partial charge is 0.261 e. The van der Waals surface area contributed by atoms with Crippen LogP contribution in [0.2, 0.25) is 0 Å². The van der Waals surface area contributed by atoms with Gasteiger partial charge >= 0.3 is 0 Å². The average molecular weight is 439 g/mol. The van der Waals surface area contributed by atoms with Gasteiger partial charge in [0, 0.05) is 12.6 Å². The van der Waals surface area contributed by atoms with Crippen LogP contribution in [0.4, 0.5) is 0 Å². The van der Waals surface area contributed by atoms with Gasteiger partial charge in [-0.25, -0.2) is 0 Å². The Bertz CT molecular complexity index is 938. The molecule has 2 atom stereocenters. The Hall–Kier alpha value is -2.82. The summed E-state index contributed by atoms with van der Waals surface area (Å²) in [5, 5.41) is 3.04. The van der Waals surface area contributed by atoms with E-state index in [9.17, 15) is 9.59 Å². The normalized spacial score (nSPS) is 12.7. The van der Waals surface area contributed by atoms with Crippen LogP contribution in [-0.4, -0.2) is 35.4 Å². The zero-order valence-corrected chi connectivity index (χ0v) is 20.6. The van der Waals surface area contributed by atoms with E-state index in [-0.39, 0.29) is 24.5 Å². The predicted octanol–water partition coefficient (Wildman–Crippen LogP) is 5.02. The summed E-state index contributed by atoms with van der Waals surface area (Å²) in [4.78, 5) is 28.0. The van der Waals surface area contributed by atoms with E-state index in [2.05, 4.69) is 17.4 Å². The van der Waals surface area contributed by atoms with Crippen LogP contribution in [0.5, 0.6) is 5.75 Å². The number of carbonyl (C=O) groups is 2. The molecule has 5 heteroatoms. The molecular weight excluding hydrogens is 400 g/mol. The number of aryl methyl sites for hydroxylation is 3. The Balaban J connectivity index is 2.27. The number of nitrogens with zero attached hydrogens (tertiary/aromatic N) is 1. The summed E-state index contributed by atoms with van der Waals surface area (Å²) in [5.41, 5.74) is 5.36. The first-order chi connectivity index (χ1) is 15.2. The highest BCUT2D eigenvalue weighted by molar-refractivity contribution is 5.88. The Morgan fingerprint density at radius 3 is 2.34 bits per heavy atom. The van der Waals surface area contributed by atoms with Gasteiger partial charge < -0.3 is 15.0 Å². The molecule has 5 nitrogen and oxygen atoms in total. The molecule has 0 aliphatic heterocycles. The minimum Gasteiger partial charge on any atom is -0.483 e. The van der Waals surface area contributed by atoms with Crippen molar-refractivity contribution in [3.05, 3.63) is 64.2 Å². The first-order valence-corrected chi connectivity index (χ1v) is 11.5. The Labute approximate surface area is 193 Å². The third kappa shape index (κ3) is 6.84. The first kappa shape index (κ1) is 25.4. The maximum absolute atomic E-state index is 13.4. The summed E-state index contributed by atoms with van der Waals surface area (Å²) in [7, 11) is 0. The van der Waals surface area contributed by atoms with Gasteiger partial charge in [-0.05, 0) is 75.8 Å². The number of carbonyl (C=O) groups excluding carboxylic acids is 2. The van der Waals surface area contributed by atoms with E-state index in [0.29, 0.717) is 18.7 Å². The fourth-order valence-corrected chi connectivity index (χ4v) is 3.74. The van der Waals surface area contributed by atoms with E-state index < -0.39 is 6.04 Å². The predicted molar refractivity (Wildman–Crippen MR) is 130 cm³/mol. The van der Waals surface area contributed by atoms with Crippen LogP contribution in [0, 0.1) is 27.7 Å². The molecule has 0 saturated carbocycles. The van der Waals surface area contributed by atoms with Gasteiger partial charge in [0.05, 0.1) is 0 Å². The molecule has 0 bridgehead atoms. The van der Waals surface area contributed by atoms with Crippen molar-refractivity contribution < 1.29 is 14.3 Å². The lowest BCUT2D eigenvalue weighted by Crippen LogP contribution is -2.51. The summed E-state index contributed by atoms with van der Waals surface area (Å²) in [5.74, 6) is 0.394. The average Bonchev–Trinajstić information content (AvgIpc) is 2.74. The number of hydrogen-bond acceptors (Lipinski definition) is 3. The van der Waals surface area contributed by atoms with Gasteiger partial charge in [0.15, 0.2) is 6.61 Å². The van der Waals surface area contributed by atoms with Gasteiger partial charge in [-0.1, -0.05) is 49.7 Å². The molecule has 0 unspecified atom stereocenters. The molecule has 2 rings (SSSR count).